The summed E-state index contributed by atoms with van der Waals surface area (Å²) in [5.74, 6) is -0.138. The van der Waals surface area contributed by atoms with Gasteiger partial charge in [0.05, 0.1) is 29.9 Å². The predicted octanol–water partition coefficient (Wildman–Crippen LogP) is 7.68. The molecule has 7 rings (SSSR count). The Balaban J connectivity index is 1.37. The number of rotatable bonds is 3. The highest BCUT2D eigenvalue weighted by Gasteiger charge is 2.44. The number of nitrogens with one attached hydrogen (secondary N) is 1. The van der Waals surface area contributed by atoms with Crippen molar-refractivity contribution in [2.75, 3.05) is 38.3 Å². The number of nitrogens with zero attached hydrogens (tertiary/aromatic N) is 2. The van der Waals surface area contributed by atoms with E-state index in [1.54, 1.807) is 63.4 Å². The third kappa shape index (κ3) is 7.25. The molecule has 2 amide bonds. The van der Waals surface area contributed by atoms with Crippen molar-refractivity contribution in [2.45, 2.75) is 68.0 Å². The number of ether oxygens (including phenoxy) is 3. The molecule has 270 valence electrons. The van der Waals surface area contributed by atoms with Crippen LogP contribution in [-0.4, -0.2) is 61.1 Å². The van der Waals surface area contributed by atoms with E-state index in [9.17, 15) is 9.59 Å². The number of hydrogen-bond acceptors (Lipinski definition) is 7. The van der Waals surface area contributed by atoms with E-state index in [4.69, 9.17) is 25.8 Å². The van der Waals surface area contributed by atoms with Crippen LogP contribution < -0.4 is 14.4 Å². The quantitative estimate of drug-likeness (QED) is 0.271. The number of hydrogen-bond donors (Lipinski definition) is 1. The molecule has 0 unspecified atom stereocenters. The van der Waals surface area contributed by atoms with Crippen molar-refractivity contribution in [3.63, 3.8) is 0 Å². The lowest BCUT2D eigenvalue weighted by molar-refractivity contribution is -0.137. The average molecular weight is 797 g/mol. The lowest BCUT2D eigenvalue weighted by Crippen LogP contribution is -2.49. The zero-order valence-corrected chi connectivity index (χ0v) is 32.2. The maximum atomic E-state index is 15.1. The Morgan fingerprint density at radius 1 is 1.12 bits per heavy atom. The van der Waals surface area contributed by atoms with Gasteiger partial charge >= 0.3 is 0 Å². The van der Waals surface area contributed by atoms with Gasteiger partial charge in [0.1, 0.15) is 11.4 Å². The van der Waals surface area contributed by atoms with Crippen LogP contribution in [0.15, 0.2) is 86.5 Å². The number of methoxy groups -OCH3 is 1. The number of carbonyl (C=O) groups is 2. The molecule has 4 aliphatic rings. The number of fused-ring (bicyclic) bond motifs is 4. The minimum atomic E-state index is -3.87. The van der Waals surface area contributed by atoms with Gasteiger partial charge in [-0.25, -0.2) is 4.21 Å². The minimum absolute atomic E-state index is 0.114. The Morgan fingerprint density at radius 3 is 2.67 bits per heavy atom. The summed E-state index contributed by atoms with van der Waals surface area (Å²) in [5.41, 5.74) is 1.77. The van der Waals surface area contributed by atoms with Crippen molar-refractivity contribution in [1.29, 1.82) is 0 Å². The van der Waals surface area contributed by atoms with Gasteiger partial charge in [0.25, 0.3) is 11.8 Å². The number of amides is 2. The normalized spacial score (nSPS) is 28.7. The Kier molecular flexibility index (Phi) is 10.1. The first-order valence-electron chi connectivity index (χ1n) is 17.4. The second-order valence-corrected chi connectivity index (χ2v) is 17.8. The van der Waals surface area contributed by atoms with Crippen LogP contribution in [0.5, 0.6) is 5.75 Å². The van der Waals surface area contributed by atoms with Gasteiger partial charge in [-0.05, 0) is 124 Å². The van der Waals surface area contributed by atoms with E-state index in [2.05, 4.69) is 42.0 Å². The summed E-state index contributed by atoms with van der Waals surface area (Å²) in [4.78, 5) is 30.0. The lowest BCUT2D eigenvalue weighted by atomic mass is 9.68. The molecule has 1 fully saturated rings. The summed E-state index contributed by atoms with van der Waals surface area (Å²) in [6.07, 6.45) is 8.74. The second kappa shape index (κ2) is 14.3. The fraction of sp³-hybridized carbons (Fsp3) is 0.436. The molecule has 0 aromatic heterocycles. The molecule has 2 aliphatic heterocycles. The molecular weight excluding hydrogens is 754 g/mol. The van der Waals surface area contributed by atoms with E-state index in [0.29, 0.717) is 24.8 Å². The van der Waals surface area contributed by atoms with Gasteiger partial charge in [-0.1, -0.05) is 45.7 Å². The van der Waals surface area contributed by atoms with Crippen molar-refractivity contribution in [3.8, 4) is 5.75 Å². The van der Waals surface area contributed by atoms with Gasteiger partial charge in [0, 0.05) is 40.7 Å². The van der Waals surface area contributed by atoms with Crippen molar-refractivity contribution in [1.82, 2.24) is 4.72 Å². The number of halogens is 2. The van der Waals surface area contributed by atoms with E-state index in [0.717, 1.165) is 53.8 Å². The van der Waals surface area contributed by atoms with Crippen molar-refractivity contribution >= 4 is 54.9 Å². The number of anilines is 1. The number of benzene rings is 3. The van der Waals surface area contributed by atoms with Crippen LogP contribution in [0.2, 0.25) is 5.02 Å². The van der Waals surface area contributed by atoms with Crippen LogP contribution in [-0.2, 0) is 36.0 Å². The van der Waals surface area contributed by atoms with Crippen LogP contribution in [0.1, 0.15) is 61.0 Å². The molecule has 1 saturated carbocycles. The SMILES string of the molecule is CO[C@H]1C=CCOC(C)(C)C(=O)N=[S@@](=O)(NC(=O)c2ccc(Br)cc2)c2ccc3c(c2)N(C[C@@H]2CC[C@H]21)C[C@@]1(CCCc2cc(Cl)ccc21)CO3. The molecule has 51 heavy (non-hydrogen) atoms. The smallest absolute Gasteiger partial charge is 0.287 e. The third-order valence-electron chi connectivity index (χ3n) is 10.9. The van der Waals surface area contributed by atoms with Gasteiger partial charge in [-0.2, -0.15) is 0 Å². The molecule has 1 spiro atoms. The Labute approximate surface area is 313 Å². The van der Waals surface area contributed by atoms with E-state index in [-0.39, 0.29) is 34.5 Å². The molecule has 0 radical (unpaired) electrons. The highest BCUT2D eigenvalue weighted by atomic mass is 79.9. The van der Waals surface area contributed by atoms with Gasteiger partial charge in [-0.15, -0.1) is 4.36 Å². The molecule has 1 N–H and O–H groups in total. The molecule has 2 bridgehead atoms. The second-order valence-electron chi connectivity index (χ2n) is 14.5. The molecule has 2 heterocycles. The standard InChI is InChI=1S/C39H43BrClN3O6S/c1-38(2)37(46)43-51(47,42-36(45)25-8-11-28(40)12-9-25)30-14-17-35-33(21-30)44(22-27-10-15-31(27)34(48-3)7-5-19-50-38)23-39(24-49-35)18-4-6-26-20-29(41)13-16-32(26)39/h5,7-9,11-14,16-17,20-21,27,31,34H,4,6,10,15,18-19,22-24H2,1-3H3,(H,42,43,45,46,47)/t27-,31+,34-,39-,51-/m0/s1. The number of carbonyl (C=O) groups excluding carboxylic acids is 2. The average Bonchev–Trinajstić information content (AvgIpc) is 3.24. The molecule has 12 heteroatoms. The Bertz CT molecular complexity index is 1990. The Morgan fingerprint density at radius 2 is 1.92 bits per heavy atom. The molecular formula is C39H43BrClN3O6S. The van der Waals surface area contributed by atoms with Crippen molar-refractivity contribution in [2.24, 2.45) is 16.2 Å². The zero-order chi connectivity index (χ0) is 36.0. The molecule has 5 atom stereocenters. The van der Waals surface area contributed by atoms with E-state index >= 15 is 4.21 Å². The van der Waals surface area contributed by atoms with E-state index in [1.165, 1.54) is 11.1 Å². The predicted molar refractivity (Wildman–Crippen MR) is 202 cm³/mol. The highest BCUT2D eigenvalue weighted by molar-refractivity contribution is 9.10. The molecule has 0 saturated heterocycles. The van der Waals surface area contributed by atoms with Gasteiger partial charge in [-0.3, -0.25) is 14.3 Å². The van der Waals surface area contributed by atoms with Crippen LogP contribution in [0.25, 0.3) is 0 Å². The summed E-state index contributed by atoms with van der Waals surface area (Å²) in [7, 11) is -2.14. The van der Waals surface area contributed by atoms with E-state index < -0.39 is 27.3 Å². The van der Waals surface area contributed by atoms with Crippen molar-refractivity contribution < 1.29 is 28.0 Å². The summed E-state index contributed by atoms with van der Waals surface area (Å²) < 4.78 is 41.4. The lowest BCUT2D eigenvalue weighted by Gasteiger charge is -2.46. The van der Waals surface area contributed by atoms with Crippen molar-refractivity contribution in [3.05, 3.63) is 99.0 Å². The first-order chi connectivity index (χ1) is 24.4. The topological polar surface area (TPSA) is 107 Å². The minimum Gasteiger partial charge on any atom is -0.490 e. The summed E-state index contributed by atoms with van der Waals surface area (Å²) >= 11 is 9.86. The molecule has 9 nitrogen and oxygen atoms in total. The monoisotopic (exact) mass is 795 g/mol. The summed E-state index contributed by atoms with van der Waals surface area (Å²) in [6.45, 7) is 5.15. The summed E-state index contributed by atoms with van der Waals surface area (Å²) in [6, 6.07) is 18.1. The Hall–Kier alpha value is -3.22. The third-order valence-corrected chi connectivity index (χ3v) is 13.4. The van der Waals surface area contributed by atoms with E-state index in [1.807, 2.05) is 18.2 Å². The molecule has 2 aliphatic carbocycles. The van der Waals surface area contributed by atoms with Crippen LogP contribution >= 0.6 is 27.5 Å². The zero-order valence-electron chi connectivity index (χ0n) is 29.0. The first kappa shape index (κ1) is 36.2. The maximum absolute atomic E-state index is 15.1. The van der Waals surface area contributed by atoms with Crippen LogP contribution in [0, 0.1) is 11.8 Å². The summed E-state index contributed by atoms with van der Waals surface area (Å²) in [5, 5.41) is 0.723. The first-order valence-corrected chi connectivity index (χ1v) is 20.1. The largest absolute Gasteiger partial charge is 0.490 e. The molecule has 3 aromatic rings. The highest BCUT2D eigenvalue weighted by Crippen LogP contribution is 2.47. The number of aryl methyl sites for hydroxylation is 1. The van der Waals surface area contributed by atoms with Crippen LogP contribution in [0.4, 0.5) is 5.69 Å². The van der Waals surface area contributed by atoms with Gasteiger partial charge in [0.15, 0.2) is 9.92 Å². The van der Waals surface area contributed by atoms with Gasteiger partial charge < -0.3 is 19.1 Å². The fourth-order valence-electron chi connectivity index (χ4n) is 7.85. The van der Waals surface area contributed by atoms with Gasteiger partial charge in [0.2, 0.25) is 0 Å². The maximum Gasteiger partial charge on any atom is 0.287 e. The van der Waals surface area contributed by atoms with Crippen LogP contribution in [0.3, 0.4) is 0 Å². The molecule has 3 aromatic carbocycles. The fourth-order valence-corrected chi connectivity index (χ4v) is 9.93.